The van der Waals surface area contributed by atoms with Gasteiger partial charge in [-0.25, -0.2) is 0 Å². The van der Waals surface area contributed by atoms with E-state index in [4.69, 9.17) is 27.4 Å². The Kier molecular flexibility index (Phi) is 5.01. The average molecular weight is 308 g/mol. The molecule has 0 spiro atoms. The van der Waals surface area contributed by atoms with Crippen LogP contribution in [0.25, 0.3) is 0 Å². The summed E-state index contributed by atoms with van der Waals surface area (Å²) in [6, 6.07) is 5.50. The quantitative estimate of drug-likeness (QED) is 0.780. The molecule has 0 aromatic heterocycles. The molecule has 0 atom stereocenters. The number of amides is 1. The van der Waals surface area contributed by atoms with E-state index in [9.17, 15) is 4.79 Å². The number of hydrogen-bond acceptors (Lipinski definition) is 4. The molecule has 6 heteroatoms. The van der Waals surface area contributed by atoms with Crippen LogP contribution in [0.2, 0.25) is 0 Å². The van der Waals surface area contributed by atoms with Crippen LogP contribution in [0, 0.1) is 0 Å². The van der Waals surface area contributed by atoms with E-state index in [1.54, 1.807) is 32.4 Å². The third kappa shape index (κ3) is 3.85. The van der Waals surface area contributed by atoms with Gasteiger partial charge in [0.15, 0.2) is 11.5 Å². The van der Waals surface area contributed by atoms with Crippen molar-refractivity contribution in [3.63, 3.8) is 0 Å². The van der Waals surface area contributed by atoms with E-state index in [1.807, 2.05) is 4.90 Å². The highest BCUT2D eigenvalue weighted by atomic mass is 32.1. The summed E-state index contributed by atoms with van der Waals surface area (Å²) in [4.78, 5) is 14.9. The Morgan fingerprint density at radius 2 is 2.00 bits per heavy atom. The number of thiocarbonyl (C=S) groups is 1. The molecule has 1 fully saturated rings. The third-order valence-electron chi connectivity index (χ3n) is 3.48. The van der Waals surface area contributed by atoms with Crippen molar-refractivity contribution in [1.29, 1.82) is 0 Å². The number of methoxy groups -OCH3 is 2. The van der Waals surface area contributed by atoms with Crippen LogP contribution in [0.3, 0.4) is 0 Å². The minimum Gasteiger partial charge on any atom is -0.493 e. The van der Waals surface area contributed by atoms with Crippen molar-refractivity contribution < 1.29 is 14.3 Å². The fourth-order valence-corrected chi connectivity index (χ4v) is 2.29. The van der Waals surface area contributed by atoms with Crippen LogP contribution in [-0.4, -0.2) is 42.6 Å². The Balaban J connectivity index is 2.18. The Labute approximate surface area is 130 Å². The smallest absolute Gasteiger partial charge is 0.254 e. The summed E-state index contributed by atoms with van der Waals surface area (Å²) in [7, 11) is 3.12. The number of hydrogen-bond donors (Lipinski definition) is 1. The zero-order valence-electron chi connectivity index (χ0n) is 12.3. The van der Waals surface area contributed by atoms with Crippen molar-refractivity contribution in [1.82, 2.24) is 4.90 Å². The number of rotatable bonds is 7. The van der Waals surface area contributed by atoms with Crippen LogP contribution in [0.4, 0.5) is 0 Å². The van der Waals surface area contributed by atoms with Gasteiger partial charge < -0.3 is 20.1 Å². The fourth-order valence-electron chi connectivity index (χ4n) is 2.20. The molecule has 0 unspecified atom stereocenters. The van der Waals surface area contributed by atoms with Gasteiger partial charge in [-0.1, -0.05) is 12.2 Å². The van der Waals surface area contributed by atoms with Crippen LogP contribution >= 0.6 is 12.2 Å². The standard InChI is InChI=1S/C15H20N2O3S/c1-19-12-6-3-10(9-13(12)20-2)15(18)17(11-4-5-11)8-7-14(16)21/h3,6,9,11H,4-5,7-8H2,1-2H3,(H2,16,21). The fraction of sp³-hybridized carbons (Fsp3) is 0.467. The van der Waals surface area contributed by atoms with Gasteiger partial charge in [0.2, 0.25) is 0 Å². The highest BCUT2D eigenvalue weighted by Gasteiger charge is 2.33. The predicted molar refractivity (Wildman–Crippen MR) is 85.0 cm³/mol. The van der Waals surface area contributed by atoms with E-state index in [1.165, 1.54) is 0 Å². The zero-order valence-corrected chi connectivity index (χ0v) is 13.1. The van der Waals surface area contributed by atoms with E-state index >= 15 is 0 Å². The molecule has 0 radical (unpaired) electrons. The molecule has 2 N–H and O–H groups in total. The second-order valence-corrected chi connectivity index (χ2v) is 5.54. The number of ether oxygens (including phenoxy) is 2. The van der Waals surface area contributed by atoms with Crippen LogP contribution in [-0.2, 0) is 0 Å². The summed E-state index contributed by atoms with van der Waals surface area (Å²) < 4.78 is 10.4. The van der Waals surface area contributed by atoms with Crippen molar-refractivity contribution in [2.45, 2.75) is 25.3 Å². The first-order chi connectivity index (χ1) is 10.1. The molecular formula is C15H20N2O3S. The number of carbonyl (C=O) groups excluding carboxylic acids is 1. The summed E-state index contributed by atoms with van der Waals surface area (Å²) in [5.41, 5.74) is 6.13. The lowest BCUT2D eigenvalue weighted by molar-refractivity contribution is 0.0747. The minimum atomic E-state index is -0.0188. The van der Waals surface area contributed by atoms with E-state index in [0.717, 1.165) is 12.8 Å². The summed E-state index contributed by atoms with van der Waals surface area (Å²) in [6.45, 7) is 0.563. The first kappa shape index (κ1) is 15.6. The van der Waals surface area contributed by atoms with Crippen LogP contribution in [0.15, 0.2) is 18.2 Å². The number of benzene rings is 1. The molecule has 21 heavy (non-hydrogen) atoms. The van der Waals surface area contributed by atoms with Crippen molar-refractivity contribution >= 4 is 23.1 Å². The van der Waals surface area contributed by atoms with Gasteiger partial charge in [0.05, 0.1) is 19.2 Å². The number of carbonyl (C=O) groups is 1. The molecule has 1 aliphatic carbocycles. The van der Waals surface area contributed by atoms with Gasteiger partial charge in [0, 0.05) is 24.6 Å². The highest BCUT2D eigenvalue weighted by molar-refractivity contribution is 7.80. The molecule has 5 nitrogen and oxygen atoms in total. The summed E-state index contributed by atoms with van der Waals surface area (Å²) in [5, 5.41) is 0. The lowest BCUT2D eigenvalue weighted by Gasteiger charge is -2.22. The second kappa shape index (κ2) is 6.76. The largest absolute Gasteiger partial charge is 0.493 e. The molecule has 0 bridgehead atoms. The van der Waals surface area contributed by atoms with Crippen molar-refractivity contribution in [3.05, 3.63) is 23.8 Å². The van der Waals surface area contributed by atoms with Crippen LogP contribution in [0.5, 0.6) is 11.5 Å². The molecule has 114 valence electrons. The average Bonchev–Trinajstić information content (AvgIpc) is 3.31. The monoisotopic (exact) mass is 308 g/mol. The molecule has 0 aliphatic heterocycles. The van der Waals surface area contributed by atoms with E-state index in [-0.39, 0.29) is 5.91 Å². The van der Waals surface area contributed by atoms with Gasteiger partial charge in [0.1, 0.15) is 0 Å². The van der Waals surface area contributed by atoms with Gasteiger partial charge in [-0.2, -0.15) is 0 Å². The second-order valence-electron chi connectivity index (χ2n) is 5.02. The van der Waals surface area contributed by atoms with Gasteiger partial charge in [-0.05, 0) is 31.0 Å². The lowest BCUT2D eigenvalue weighted by atomic mass is 10.1. The van der Waals surface area contributed by atoms with Crippen molar-refractivity contribution in [2.75, 3.05) is 20.8 Å². The molecule has 1 saturated carbocycles. The van der Waals surface area contributed by atoms with E-state index < -0.39 is 0 Å². The first-order valence-electron chi connectivity index (χ1n) is 6.88. The Morgan fingerprint density at radius 3 is 2.52 bits per heavy atom. The maximum atomic E-state index is 12.7. The molecule has 2 rings (SSSR count). The summed E-state index contributed by atoms with van der Waals surface area (Å²) >= 11 is 4.90. The van der Waals surface area contributed by atoms with E-state index in [2.05, 4.69) is 0 Å². The molecule has 1 amide bonds. The molecule has 1 aromatic carbocycles. The SMILES string of the molecule is COc1ccc(C(=O)N(CCC(N)=S)C2CC2)cc1OC. The summed E-state index contributed by atoms with van der Waals surface area (Å²) in [5.74, 6) is 1.14. The Bertz CT molecular complexity index is 544. The van der Waals surface area contributed by atoms with Gasteiger partial charge in [0.25, 0.3) is 5.91 Å². The Morgan fingerprint density at radius 1 is 1.33 bits per heavy atom. The van der Waals surface area contributed by atoms with Gasteiger partial charge in [-0.3, -0.25) is 4.79 Å². The van der Waals surface area contributed by atoms with Crippen molar-refractivity contribution in [2.24, 2.45) is 5.73 Å². The maximum Gasteiger partial charge on any atom is 0.254 e. The first-order valence-corrected chi connectivity index (χ1v) is 7.29. The molecular weight excluding hydrogens is 288 g/mol. The minimum absolute atomic E-state index is 0.0188. The van der Waals surface area contributed by atoms with E-state index in [0.29, 0.717) is 41.1 Å². The number of nitrogens with two attached hydrogens (primary N) is 1. The molecule has 1 aliphatic rings. The van der Waals surface area contributed by atoms with Gasteiger partial charge in [-0.15, -0.1) is 0 Å². The predicted octanol–water partition coefficient (Wildman–Crippen LogP) is 1.98. The maximum absolute atomic E-state index is 12.7. The lowest BCUT2D eigenvalue weighted by Crippen LogP contribution is -2.35. The van der Waals surface area contributed by atoms with Crippen LogP contribution < -0.4 is 15.2 Å². The van der Waals surface area contributed by atoms with Crippen molar-refractivity contribution in [3.8, 4) is 11.5 Å². The molecule has 0 saturated heterocycles. The number of nitrogens with zero attached hydrogens (tertiary/aromatic N) is 1. The van der Waals surface area contributed by atoms with Crippen LogP contribution in [0.1, 0.15) is 29.6 Å². The zero-order chi connectivity index (χ0) is 15.4. The molecule has 1 aromatic rings. The highest BCUT2D eigenvalue weighted by Crippen LogP contribution is 2.31. The third-order valence-corrected chi connectivity index (χ3v) is 3.68. The normalized spacial score (nSPS) is 13.6. The van der Waals surface area contributed by atoms with Gasteiger partial charge >= 0.3 is 0 Å². The Hall–Kier alpha value is -1.82. The topological polar surface area (TPSA) is 64.8 Å². The summed E-state index contributed by atoms with van der Waals surface area (Å²) in [6.07, 6.45) is 2.62. The molecule has 0 heterocycles.